The summed E-state index contributed by atoms with van der Waals surface area (Å²) < 4.78 is 3.50. The number of para-hydroxylation sites is 1. The molecule has 1 aromatic carbocycles. The summed E-state index contributed by atoms with van der Waals surface area (Å²) in [6.07, 6.45) is 0. The molecule has 0 aliphatic heterocycles. The van der Waals surface area contributed by atoms with Crippen molar-refractivity contribution in [3.8, 4) is 5.13 Å². The van der Waals surface area contributed by atoms with Gasteiger partial charge in [-0.3, -0.25) is 0 Å². The lowest BCUT2D eigenvalue weighted by Gasteiger charge is -1.92. The first kappa shape index (κ1) is 10.9. The van der Waals surface area contributed by atoms with E-state index in [9.17, 15) is 0 Å². The molecule has 0 fully saturated rings. The Kier molecular flexibility index (Phi) is 2.49. The number of hydrogen-bond donors (Lipinski definition) is 0. The average molecular weight is 261 g/mol. The molecule has 0 aliphatic carbocycles. The van der Waals surface area contributed by atoms with Crippen LogP contribution in [-0.4, -0.2) is 4.98 Å². The predicted molar refractivity (Wildman–Crippen MR) is 73.2 cm³/mol. The second-order valence-electron chi connectivity index (χ2n) is 4.06. The molecule has 0 aliphatic rings. The molecule has 2 heterocycles. The number of nitrogens with zero attached hydrogens (tertiary/aromatic N) is 2. The van der Waals surface area contributed by atoms with Gasteiger partial charge in [0.1, 0.15) is 5.69 Å². The summed E-state index contributed by atoms with van der Waals surface area (Å²) in [7, 11) is 0. The molecule has 0 amide bonds. The minimum atomic E-state index is 1.07. The third-order valence-electron chi connectivity index (χ3n) is 2.93. The van der Waals surface area contributed by atoms with Crippen molar-refractivity contribution in [1.82, 2.24) is 4.98 Å². The van der Waals surface area contributed by atoms with Crippen molar-refractivity contribution in [3.63, 3.8) is 0 Å². The van der Waals surface area contributed by atoms with Crippen LogP contribution in [0.1, 0.15) is 15.6 Å². The fourth-order valence-corrected chi connectivity index (χ4v) is 4.09. The molecule has 0 radical (unpaired) electrons. The molecule has 0 unspecified atom stereocenters. The van der Waals surface area contributed by atoms with E-state index < -0.39 is 0 Å². The van der Waals surface area contributed by atoms with Crippen LogP contribution in [0.2, 0.25) is 0 Å². The van der Waals surface area contributed by atoms with Crippen LogP contribution < -0.4 is 4.57 Å². The zero-order chi connectivity index (χ0) is 12.0. The summed E-state index contributed by atoms with van der Waals surface area (Å²) >= 11 is 3.58. The van der Waals surface area contributed by atoms with Crippen LogP contribution in [0.15, 0.2) is 24.3 Å². The van der Waals surface area contributed by atoms with Gasteiger partial charge in [-0.15, -0.1) is 0 Å². The quantitative estimate of drug-likeness (QED) is 0.612. The van der Waals surface area contributed by atoms with Gasteiger partial charge in [-0.05, 0) is 42.3 Å². The number of benzene rings is 1. The highest BCUT2D eigenvalue weighted by Crippen LogP contribution is 2.24. The summed E-state index contributed by atoms with van der Waals surface area (Å²) in [5.74, 6) is 0. The van der Waals surface area contributed by atoms with Crippen molar-refractivity contribution < 1.29 is 4.57 Å². The summed E-state index contributed by atoms with van der Waals surface area (Å²) in [5, 5.41) is 2.37. The largest absolute Gasteiger partial charge is 0.389 e. The molecule has 2 aromatic heterocycles. The number of fused-ring (bicyclic) bond motifs is 1. The third-order valence-corrected chi connectivity index (χ3v) is 5.04. The van der Waals surface area contributed by atoms with Crippen LogP contribution in [0.25, 0.3) is 15.3 Å². The number of aromatic nitrogens is 2. The van der Waals surface area contributed by atoms with Gasteiger partial charge in [0.25, 0.3) is 0 Å². The van der Waals surface area contributed by atoms with Crippen molar-refractivity contribution >= 4 is 32.9 Å². The molecule has 0 atom stereocenters. The van der Waals surface area contributed by atoms with Gasteiger partial charge in [0, 0.05) is 11.8 Å². The van der Waals surface area contributed by atoms with E-state index in [4.69, 9.17) is 4.98 Å². The summed E-state index contributed by atoms with van der Waals surface area (Å²) in [5.41, 5.74) is 2.38. The summed E-state index contributed by atoms with van der Waals surface area (Å²) in [6.45, 7) is 6.47. The first-order valence-electron chi connectivity index (χ1n) is 5.51. The zero-order valence-corrected chi connectivity index (χ0v) is 11.7. The second-order valence-corrected chi connectivity index (χ2v) is 6.48. The Morgan fingerprint density at radius 1 is 1.06 bits per heavy atom. The molecule has 0 spiro atoms. The standard InChI is InChI=1S/C13H13N2S2/c1-8-9(2)16-10(3)15(8)13-14-11-6-4-5-7-12(11)17-13/h4-7H,1-3H3/q+1. The van der Waals surface area contributed by atoms with Gasteiger partial charge < -0.3 is 0 Å². The third kappa shape index (κ3) is 1.68. The van der Waals surface area contributed by atoms with E-state index in [-0.39, 0.29) is 0 Å². The van der Waals surface area contributed by atoms with E-state index >= 15 is 0 Å². The summed E-state index contributed by atoms with van der Waals surface area (Å²) in [4.78, 5) is 6.07. The van der Waals surface area contributed by atoms with Crippen molar-refractivity contribution in [2.75, 3.05) is 0 Å². The Hall–Kier alpha value is -1.26. The Balaban J connectivity index is 2.27. The van der Waals surface area contributed by atoms with Crippen molar-refractivity contribution in [1.29, 1.82) is 0 Å². The fourth-order valence-electron chi connectivity index (χ4n) is 1.97. The molecule has 0 saturated heterocycles. The number of rotatable bonds is 1. The Labute approximate surface area is 108 Å². The van der Waals surface area contributed by atoms with Gasteiger partial charge >= 0.3 is 5.13 Å². The number of aryl methyl sites for hydroxylation is 2. The van der Waals surface area contributed by atoms with Gasteiger partial charge in [-0.2, -0.15) is 4.57 Å². The van der Waals surface area contributed by atoms with E-state index in [0.29, 0.717) is 0 Å². The topological polar surface area (TPSA) is 16.8 Å². The molecule has 17 heavy (non-hydrogen) atoms. The van der Waals surface area contributed by atoms with E-state index in [1.807, 2.05) is 17.4 Å². The molecule has 2 nitrogen and oxygen atoms in total. The van der Waals surface area contributed by atoms with E-state index in [2.05, 4.69) is 43.5 Å². The molecular formula is C13H13N2S2+. The maximum Gasteiger partial charge on any atom is 0.389 e. The second kappa shape index (κ2) is 3.89. The zero-order valence-electron chi connectivity index (χ0n) is 10.0. The molecule has 86 valence electrons. The van der Waals surface area contributed by atoms with E-state index in [1.165, 1.54) is 20.3 Å². The monoisotopic (exact) mass is 261 g/mol. The Bertz CT molecular complexity index is 662. The van der Waals surface area contributed by atoms with Crippen LogP contribution in [0, 0.1) is 20.8 Å². The molecule has 3 rings (SSSR count). The lowest BCUT2D eigenvalue weighted by atomic mass is 10.3. The number of thiazole rings is 2. The van der Waals surface area contributed by atoms with Crippen molar-refractivity contribution in [3.05, 3.63) is 39.8 Å². The highest BCUT2D eigenvalue weighted by atomic mass is 32.1. The van der Waals surface area contributed by atoms with Crippen LogP contribution >= 0.6 is 22.7 Å². The van der Waals surface area contributed by atoms with Gasteiger partial charge in [0.15, 0.2) is 10.5 Å². The van der Waals surface area contributed by atoms with E-state index in [0.717, 1.165) is 10.6 Å². The normalized spacial score (nSPS) is 11.2. The Morgan fingerprint density at radius 3 is 2.47 bits per heavy atom. The molecule has 0 bridgehead atoms. The average Bonchev–Trinajstić information content (AvgIpc) is 2.81. The van der Waals surface area contributed by atoms with Crippen LogP contribution in [0.3, 0.4) is 0 Å². The highest BCUT2D eigenvalue weighted by molar-refractivity contribution is 7.20. The van der Waals surface area contributed by atoms with Gasteiger partial charge in [0.05, 0.1) is 4.70 Å². The molecule has 4 heteroatoms. The van der Waals surface area contributed by atoms with Crippen LogP contribution in [0.5, 0.6) is 0 Å². The maximum atomic E-state index is 4.71. The predicted octanol–water partition coefficient (Wildman–Crippen LogP) is 3.56. The molecular weight excluding hydrogens is 248 g/mol. The molecule has 3 aromatic rings. The lowest BCUT2D eigenvalue weighted by molar-refractivity contribution is -0.603. The molecule has 0 N–H and O–H groups in total. The number of hydrogen-bond acceptors (Lipinski definition) is 3. The first-order valence-corrected chi connectivity index (χ1v) is 7.14. The van der Waals surface area contributed by atoms with Gasteiger partial charge in [-0.25, -0.2) is 0 Å². The minimum absolute atomic E-state index is 1.07. The van der Waals surface area contributed by atoms with Gasteiger partial charge in [-0.1, -0.05) is 23.5 Å². The SMILES string of the molecule is Cc1sc(C)[n+](-c2nc3ccccc3s2)c1C. The van der Waals surface area contributed by atoms with Gasteiger partial charge in [0.2, 0.25) is 0 Å². The molecule has 0 saturated carbocycles. The minimum Gasteiger partial charge on any atom is -0.178 e. The van der Waals surface area contributed by atoms with Crippen molar-refractivity contribution in [2.45, 2.75) is 20.8 Å². The smallest absolute Gasteiger partial charge is 0.178 e. The van der Waals surface area contributed by atoms with E-state index in [1.54, 1.807) is 11.3 Å². The highest BCUT2D eigenvalue weighted by Gasteiger charge is 2.22. The summed E-state index contributed by atoms with van der Waals surface area (Å²) in [6, 6.07) is 8.30. The van der Waals surface area contributed by atoms with Crippen LogP contribution in [0.4, 0.5) is 0 Å². The lowest BCUT2D eigenvalue weighted by Crippen LogP contribution is -2.34. The van der Waals surface area contributed by atoms with Crippen LogP contribution in [-0.2, 0) is 0 Å². The fraction of sp³-hybridized carbons (Fsp3) is 0.231. The first-order chi connectivity index (χ1) is 8.16. The Morgan fingerprint density at radius 2 is 1.82 bits per heavy atom. The maximum absolute atomic E-state index is 4.71. The van der Waals surface area contributed by atoms with Crippen molar-refractivity contribution in [2.24, 2.45) is 0 Å².